The summed E-state index contributed by atoms with van der Waals surface area (Å²) >= 11 is 1.52. The van der Waals surface area contributed by atoms with Gasteiger partial charge in [-0.05, 0) is 25.0 Å². The number of pyridine rings is 1. The number of carboxylic acids is 1. The largest absolute Gasteiger partial charge is 0.478 e. The second-order valence-corrected chi connectivity index (χ2v) is 4.73. The molecule has 0 amide bonds. The first-order chi connectivity index (χ1) is 7.54. The fraction of sp³-hybridized carbons (Fsp3) is 0.455. The number of nitrogens with zero attached hydrogens (tertiary/aromatic N) is 1. The van der Waals surface area contributed by atoms with E-state index in [0.717, 1.165) is 10.8 Å². The van der Waals surface area contributed by atoms with Crippen LogP contribution in [0.4, 0.5) is 0 Å². The lowest BCUT2D eigenvalue weighted by Crippen LogP contribution is -2.05. The molecular weight excluding hydrogens is 226 g/mol. The van der Waals surface area contributed by atoms with Gasteiger partial charge in [0.2, 0.25) is 0 Å². The molecule has 0 aliphatic carbocycles. The Morgan fingerprint density at radius 3 is 2.75 bits per heavy atom. The van der Waals surface area contributed by atoms with Crippen molar-refractivity contribution >= 4 is 17.7 Å². The summed E-state index contributed by atoms with van der Waals surface area (Å²) < 4.78 is 0. The number of carboxylic acid groups (broad SMARTS) is 1. The Kier molecular flexibility index (Phi) is 4.76. The van der Waals surface area contributed by atoms with E-state index in [1.165, 1.54) is 11.8 Å². The molecule has 0 aromatic carbocycles. The van der Waals surface area contributed by atoms with Crippen molar-refractivity contribution in [2.45, 2.75) is 18.9 Å². The van der Waals surface area contributed by atoms with Crippen LogP contribution >= 0.6 is 11.8 Å². The van der Waals surface area contributed by atoms with Gasteiger partial charge in [-0.15, -0.1) is 11.8 Å². The lowest BCUT2D eigenvalue weighted by Gasteiger charge is -2.07. The van der Waals surface area contributed by atoms with Crippen LogP contribution in [0.2, 0.25) is 0 Å². The molecule has 0 aliphatic heterocycles. The molecule has 0 fully saturated rings. The van der Waals surface area contributed by atoms with Gasteiger partial charge in [0.1, 0.15) is 0 Å². The molecule has 4 nitrogen and oxygen atoms in total. The number of aryl methyl sites for hydroxylation is 1. The van der Waals surface area contributed by atoms with E-state index in [9.17, 15) is 4.79 Å². The average molecular weight is 241 g/mol. The minimum absolute atomic E-state index is 0.152. The second kappa shape index (κ2) is 5.86. The number of aliphatic hydroxyl groups excluding tert-OH is 1. The van der Waals surface area contributed by atoms with Gasteiger partial charge in [0.05, 0.1) is 16.3 Å². The van der Waals surface area contributed by atoms with Gasteiger partial charge < -0.3 is 10.2 Å². The predicted molar refractivity (Wildman–Crippen MR) is 62.9 cm³/mol. The summed E-state index contributed by atoms with van der Waals surface area (Å²) in [6, 6.07) is 3.27. The Hall–Kier alpha value is -1.07. The Morgan fingerprint density at radius 1 is 1.56 bits per heavy atom. The Balaban J connectivity index is 2.70. The van der Waals surface area contributed by atoms with E-state index < -0.39 is 5.97 Å². The minimum atomic E-state index is -0.953. The summed E-state index contributed by atoms with van der Waals surface area (Å²) in [4.78, 5) is 15.0. The van der Waals surface area contributed by atoms with Crippen molar-refractivity contribution in [2.24, 2.45) is 5.92 Å². The second-order valence-electron chi connectivity index (χ2n) is 3.69. The number of aromatic nitrogens is 1. The molecule has 88 valence electrons. The Labute approximate surface area is 98.7 Å². The maximum absolute atomic E-state index is 10.8. The summed E-state index contributed by atoms with van der Waals surface area (Å²) in [5, 5.41) is 18.5. The minimum Gasteiger partial charge on any atom is -0.478 e. The van der Waals surface area contributed by atoms with Gasteiger partial charge in [0, 0.05) is 12.4 Å². The van der Waals surface area contributed by atoms with E-state index in [2.05, 4.69) is 4.98 Å². The van der Waals surface area contributed by atoms with Crippen molar-refractivity contribution < 1.29 is 15.0 Å². The SMILES string of the molecule is Cc1nc(SCC(C)CO)ccc1C(=O)O. The zero-order valence-electron chi connectivity index (χ0n) is 9.30. The van der Waals surface area contributed by atoms with Crippen LogP contribution < -0.4 is 0 Å². The fourth-order valence-electron chi connectivity index (χ4n) is 1.12. The molecule has 1 unspecified atom stereocenters. The van der Waals surface area contributed by atoms with Crippen molar-refractivity contribution in [3.8, 4) is 0 Å². The van der Waals surface area contributed by atoms with Crippen LogP contribution in [0.5, 0.6) is 0 Å². The number of hydrogen-bond acceptors (Lipinski definition) is 4. The topological polar surface area (TPSA) is 70.4 Å². The first kappa shape index (κ1) is 13.0. The number of aliphatic hydroxyl groups is 1. The van der Waals surface area contributed by atoms with Crippen LogP contribution in [0.1, 0.15) is 23.0 Å². The molecule has 1 atom stereocenters. The molecule has 1 aromatic heterocycles. The third kappa shape index (κ3) is 3.50. The molecule has 16 heavy (non-hydrogen) atoms. The smallest absolute Gasteiger partial charge is 0.337 e. The highest BCUT2D eigenvalue weighted by atomic mass is 32.2. The maximum Gasteiger partial charge on any atom is 0.337 e. The van der Waals surface area contributed by atoms with E-state index in [-0.39, 0.29) is 18.1 Å². The molecule has 5 heteroatoms. The molecule has 2 N–H and O–H groups in total. The number of rotatable bonds is 5. The van der Waals surface area contributed by atoms with Crippen molar-refractivity contribution in [3.63, 3.8) is 0 Å². The van der Waals surface area contributed by atoms with E-state index in [1.54, 1.807) is 19.1 Å². The standard InChI is InChI=1S/C11H15NO3S/c1-7(5-13)6-16-10-4-3-9(11(14)15)8(2)12-10/h3-4,7,13H,5-6H2,1-2H3,(H,14,15). The number of carbonyl (C=O) groups is 1. The summed E-state index contributed by atoms with van der Waals surface area (Å²) in [5.41, 5.74) is 0.758. The van der Waals surface area contributed by atoms with Crippen molar-refractivity contribution in [3.05, 3.63) is 23.4 Å². The molecule has 1 heterocycles. The van der Waals surface area contributed by atoms with Gasteiger partial charge in [-0.3, -0.25) is 0 Å². The molecular formula is C11H15NO3S. The van der Waals surface area contributed by atoms with Crippen LogP contribution in [0.25, 0.3) is 0 Å². The average Bonchev–Trinajstić information content (AvgIpc) is 2.25. The van der Waals surface area contributed by atoms with Crippen molar-refractivity contribution in [1.82, 2.24) is 4.98 Å². The fourth-order valence-corrected chi connectivity index (χ4v) is 2.05. The maximum atomic E-state index is 10.8. The van der Waals surface area contributed by atoms with Gasteiger partial charge in [-0.25, -0.2) is 9.78 Å². The normalized spacial score (nSPS) is 12.4. The number of aromatic carboxylic acids is 1. The molecule has 0 spiro atoms. The molecule has 0 radical (unpaired) electrons. The zero-order chi connectivity index (χ0) is 12.1. The van der Waals surface area contributed by atoms with Crippen LogP contribution in [0, 0.1) is 12.8 Å². The highest BCUT2D eigenvalue weighted by Gasteiger charge is 2.09. The number of thioether (sulfide) groups is 1. The quantitative estimate of drug-likeness (QED) is 0.769. The molecule has 0 saturated heterocycles. The first-order valence-electron chi connectivity index (χ1n) is 4.99. The molecule has 0 aliphatic rings. The molecule has 1 rings (SSSR count). The van der Waals surface area contributed by atoms with Crippen LogP contribution in [-0.2, 0) is 0 Å². The third-order valence-electron chi connectivity index (χ3n) is 2.12. The molecule has 0 saturated carbocycles. The summed E-state index contributed by atoms with van der Waals surface area (Å²) in [5.74, 6) is 0.0339. The number of hydrogen-bond donors (Lipinski definition) is 2. The van der Waals surface area contributed by atoms with E-state index in [4.69, 9.17) is 10.2 Å². The summed E-state index contributed by atoms with van der Waals surface area (Å²) in [7, 11) is 0. The lowest BCUT2D eigenvalue weighted by molar-refractivity contribution is 0.0695. The van der Waals surface area contributed by atoms with E-state index in [1.807, 2.05) is 6.92 Å². The van der Waals surface area contributed by atoms with Crippen LogP contribution in [0.3, 0.4) is 0 Å². The third-order valence-corrected chi connectivity index (χ3v) is 3.38. The monoisotopic (exact) mass is 241 g/mol. The highest BCUT2D eigenvalue weighted by molar-refractivity contribution is 7.99. The van der Waals surface area contributed by atoms with Crippen LogP contribution in [-0.4, -0.2) is 33.5 Å². The zero-order valence-corrected chi connectivity index (χ0v) is 10.1. The van der Waals surface area contributed by atoms with Gasteiger partial charge in [-0.1, -0.05) is 6.92 Å². The van der Waals surface area contributed by atoms with Crippen LogP contribution in [0.15, 0.2) is 17.2 Å². The van der Waals surface area contributed by atoms with E-state index >= 15 is 0 Å². The Bertz CT molecular complexity index is 381. The van der Waals surface area contributed by atoms with Gasteiger partial charge in [0.25, 0.3) is 0 Å². The first-order valence-corrected chi connectivity index (χ1v) is 5.97. The van der Waals surface area contributed by atoms with Gasteiger partial charge >= 0.3 is 5.97 Å². The lowest BCUT2D eigenvalue weighted by atomic mass is 10.2. The molecule has 1 aromatic rings. The van der Waals surface area contributed by atoms with Gasteiger partial charge in [-0.2, -0.15) is 0 Å². The van der Waals surface area contributed by atoms with Crippen molar-refractivity contribution in [2.75, 3.05) is 12.4 Å². The highest BCUT2D eigenvalue weighted by Crippen LogP contribution is 2.20. The van der Waals surface area contributed by atoms with E-state index in [0.29, 0.717) is 5.69 Å². The van der Waals surface area contributed by atoms with Crippen molar-refractivity contribution in [1.29, 1.82) is 0 Å². The Morgan fingerprint density at radius 2 is 2.25 bits per heavy atom. The molecule has 0 bridgehead atoms. The van der Waals surface area contributed by atoms with Gasteiger partial charge in [0.15, 0.2) is 0 Å². The summed E-state index contributed by atoms with van der Waals surface area (Å²) in [6.45, 7) is 3.79. The summed E-state index contributed by atoms with van der Waals surface area (Å²) in [6.07, 6.45) is 0. The predicted octanol–water partition coefficient (Wildman–Crippen LogP) is 1.81.